The Hall–Kier alpha value is -0.920. The van der Waals surface area contributed by atoms with E-state index >= 15 is 0 Å². The normalized spacial score (nSPS) is 13.8. The molecule has 1 aromatic heterocycles. The second kappa shape index (κ2) is 8.51. The van der Waals surface area contributed by atoms with Crippen LogP contribution >= 0.6 is 27.3 Å². The molecule has 0 aliphatic heterocycles. The molecule has 118 valence electrons. The Morgan fingerprint density at radius 3 is 2.43 bits per heavy atom. The van der Waals surface area contributed by atoms with Gasteiger partial charge in [0, 0.05) is 12.6 Å². The highest BCUT2D eigenvalue weighted by Crippen LogP contribution is 2.21. The number of thiophene rings is 1. The van der Waals surface area contributed by atoms with Crippen LogP contribution in [0.25, 0.3) is 0 Å². The lowest BCUT2D eigenvalue weighted by Crippen LogP contribution is -2.50. The first-order chi connectivity index (χ1) is 9.83. The molecule has 0 aromatic carbocycles. The van der Waals surface area contributed by atoms with Gasteiger partial charge in [0.15, 0.2) is 0 Å². The minimum atomic E-state index is -0.598. The summed E-state index contributed by atoms with van der Waals surface area (Å²) in [6.07, 6.45) is 0.820. The molecule has 2 atom stereocenters. The summed E-state index contributed by atoms with van der Waals surface area (Å²) in [5.41, 5.74) is 5.66. The average molecular weight is 376 g/mol. The molecule has 0 saturated heterocycles. The number of halogens is 1. The molecule has 0 bridgehead atoms. The highest BCUT2D eigenvalue weighted by Gasteiger charge is 2.20. The van der Waals surface area contributed by atoms with Crippen molar-refractivity contribution in [1.82, 2.24) is 10.6 Å². The van der Waals surface area contributed by atoms with E-state index in [2.05, 4.69) is 40.4 Å². The third kappa shape index (κ3) is 6.15. The van der Waals surface area contributed by atoms with Gasteiger partial charge in [0.1, 0.15) is 6.04 Å². The van der Waals surface area contributed by atoms with E-state index in [9.17, 15) is 9.59 Å². The summed E-state index contributed by atoms with van der Waals surface area (Å²) in [7, 11) is 0. The Morgan fingerprint density at radius 2 is 1.95 bits per heavy atom. The first-order valence-electron chi connectivity index (χ1n) is 6.90. The van der Waals surface area contributed by atoms with Gasteiger partial charge in [-0.2, -0.15) is 0 Å². The summed E-state index contributed by atoms with van der Waals surface area (Å²) >= 11 is 4.64. The van der Waals surface area contributed by atoms with Crippen LogP contribution in [0.5, 0.6) is 0 Å². The molecule has 1 aromatic rings. The lowest BCUT2D eigenvalue weighted by atomic mass is 10.0. The summed E-state index contributed by atoms with van der Waals surface area (Å²) in [5.74, 6) is -0.0104. The van der Waals surface area contributed by atoms with Gasteiger partial charge < -0.3 is 16.4 Å². The summed E-state index contributed by atoms with van der Waals surface area (Å²) in [6, 6.07) is 2.86. The van der Waals surface area contributed by atoms with E-state index in [1.54, 1.807) is 19.1 Å². The maximum Gasteiger partial charge on any atom is 0.262 e. The SMILES string of the molecule is CC(C)CC(CN)NC(=O)C(C)NC(=O)c1ccc(Br)s1. The largest absolute Gasteiger partial charge is 0.350 e. The summed E-state index contributed by atoms with van der Waals surface area (Å²) in [6.45, 7) is 6.21. The molecule has 4 N–H and O–H groups in total. The van der Waals surface area contributed by atoms with E-state index in [-0.39, 0.29) is 17.9 Å². The van der Waals surface area contributed by atoms with Crippen molar-refractivity contribution >= 4 is 39.1 Å². The molecule has 5 nitrogen and oxygen atoms in total. The van der Waals surface area contributed by atoms with E-state index in [4.69, 9.17) is 5.73 Å². The number of nitrogens with two attached hydrogens (primary N) is 1. The van der Waals surface area contributed by atoms with Crippen LogP contribution in [-0.2, 0) is 4.79 Å². The predicted molar refractivity (Wildman–Crippen MR) is 89.4 cm³/mol. The number of amides is 2. The second-order valence-corrected chi connectivity index (χ2v) is 7.83. The van der Waals surface area contributed by atoms with Crippen molar-refractivity contribution in [2.75, 3.05) is 6.54 Å². The molecule has 0 fully saturated rings. The van der Waals surface area contributed by atoms with E-state index < -0.39 is 6.04 Å². The highest BCUT2D eigenvalue weighted by atomic mass is 79.9. The maximum absolute atomic E-state index is 12.1. The zero-order valence-corrected chi connectivity index (χ0v) is 14.9. The van der Waals surface area contributed by atoms with Crippen molar-refractivity contribution in [1.29, 1.82) is 0 Å². The molecule has 0 aliphatic rings. The van der Waals surface area contributed by atoms with Gasteiger partial charge >= 0.3 is 0 Å². The maximum atomic E-state index is 12.1. The van der Waals surface area contributed by atoms with Crippen LogP contribution in [0.4, 0.5) is 0 Å². The van der Waals surface area contributed by atoms with Gasteiger partial charge in [-0.3, -0.25) is 9.59 Å². The number of carbonyl (C=O) groups is 2. The van der Waals surface area contributed by atoms with E-state index in [0.717, 1.165) is 10.2 Å². The molecule has 2 unspecified atom stereocenters. The van der Waals surface area contributed by atoms with Crippen LogP contribution in [0, 0.1) is 5.92 Å². The van der Waals surface area contributed by atoms with Crippen LogP contribution in [0.2, 0.25) is 0 Å². The van der Waals surface area contributed by atoms with E-state index in [1.165, 1.54) is 11.3 Å². The topological polar surface area (TPSA) is 84.2 Å². The van der Waals surface area contributed by atoms with Crippen molar-refractivity contribution in [3.63, 3.8) is 0 Å². The monoisotopic (exact) mass is 375 g/mol. The van der Waals surface area contributed by atoms with Crippen LogP contribution < -0.4 is 16.4 Å². The molecule has 0 spiro atoms. The van der Waals surface area contributed by atoms with Crippen LogP contribution in [-0.4, -0.2) is 30.4 Å². The van der Waals surface area contributed by atoms with Gasteiger partial charge in [0.2, 0.25) is 5.91 Å². The molecule has 0 radical (unpaired) electrons. The minimum absolute atomic E-state index is 0.0623. The molecule has 7 heteroatoms. The summed E-state index contributed by atoms with van der Waals surface area (Å²) < 4.78 is 0.880. The molecule has 0 saturated carbocycles. The van der Waals surface area contributed by atoms with Gasteiger partial charge in [-0.05, 0) is 47.3 Å². The van der Waals surface area contributed by atoms with Gasteiger partial charge in [-0.1, -0.05) is 13.8 Å². The highest BCUT2D eigenvalue weighted by molar-refractivity contribution is 9.11. The minimum Gasteiger partial charge on any atom is -0.350 e. The molecule has 21 heavy (non-hydrogen) atoms. The van der Waals surface area contributed by atoms with Gasteiger partial charge in [-0.15, -0.1) is 11.3 Å². The van der Waals surface area contributed by atoms with Gasteiger partial charge in [0.25, 0.3) is 5.91 Å². The Kier molecular flexibility index (Phi) is 7.34. The van der Waals surface area contributed by atoms with E-state index in [1.807, 2.05) is 0 Å². The fourth-order valence-corrected chi connectivity index (χ4v) is 3.17. The zero-order valence-electron chi connectivity index (χ0n) is 12.5. The molecule has 0 aliphatic carbocycles. The van der Waals surface area contributed by atoms with Crippen LogP contribution in [0.15, 0.2) is 15.9 Å². The number of rotatable bonds is 7. The third-order valence-electron chi connectivity index (χ3n) is 2.92. The van der Waals surface area contributed by atoms with Gasteiger partial charge in [0.05, 0.1) is 8.66 Å². The molecule has 1 rings (SSSR count). The average Bonchev–Trinajstić information content (AvgIpc) is 2.83. The van der Waals surface area contributed by atoms with Crippen LogP contribution in [0.1, 0.15) is 36.9 Å². The fraction of sp³-hybridized carbons (Fsp3) is 0.571. The predicted octanol–water partition coefficient (Wildman–Crippen LogP) is 2.12. The molecule has 2 amide bonds. The molecular formula is C14H22BrN3O2S. The van der Waals surface area contributed by atoms with Crippen molar-refractivity contribution in [2.45, 2.75) is 39.3 Å². The fourth-order valence-electron chi connectivity index (χ4n) is 1.88. The molecule has 1 heterocycles. The Labute approximate surface area is 137 Å². The lowest BCUT2D eigenvalue weighted by molar-refractivity contribution is -0.123. The quantitative estimate of drug-likeness (QED) is 0.682. The Bertz CT molecular complexity index is 490. The van der Waals surface area contributed by atoms with Crippen LogP contribution in [0.3, 0.4) is 0 Å². The van der Waals surface area contributed by atoms with Crippen molar-refractivity contribution < 1.29 is 9.59 Å². The standard InChI is InChI=1S/C14H22BrN3O2S/c1-8(2)6-10(7-16)18-13(19)9(3)17-14(20)11-4-5-12(15)21-11/h4-5,8-10H,6-7,16H2,1-3H3,(H,17,20)(H,18,19). The number of hydrogen-bond acceptors (Lipinski definition) is 4. The summed E-state index contributed by atoms with van der Waals surface area (Å²) in [4.78, 5) is 24.6. The first-order valence-corrected chi connectivity index (χ1v) is 8.51. The van der Waals surface area contributed by atoms with Crippen molar-refractivity contribution in [3.8, 4) is 0 Å². The Morgan fingerprint density at radius 1 is 1.29 bits per heavy atom. The number of carbonyl (C=O) groups excluding carboxylic acids is 2. The van der Waals surface area contributed by atoms with Crippen molar-refractivity contribution in [3.05, 3.63) is 20.8 Å². The smallest absolute Gasteiger partial charge is 0.262 e. The lowest BCUT2D eigenvalue weighted by Gasteiger charge is -2.21. The van der Waals surface area contributed by atoms with E-state index in [0.29, 0.717) is 17.3 Å². The second-order valence-electron chi connectivity index (χ2n) is 5.37. The van der Waals surface area contributed by atoms with Crippen molar-refractivity contribution in [2.24, 2.45) is 11.7 Å². The number of nitrogens with one attached hydrogen (secondary N) is 2. The summed E-state index contributed by atoms with van der Waals surface area (Å²) in [5, 5.41) is 5.57. The number of hydrogen-bond donors (Lipinski definition) is 3. The van der Waals surface area contributed by atoms with Gasteiger partial charge in [-0.25, -0.2) is 0 Å². The third-order valence-corrected chi connectivity index (χ3v) is 4.55. The Balaban J connectivity index is 2.52. The molecular weight excluding hydrogens is 354 g/mol. The first kappa shape index (κ1) is 18.1. The zero-order chi connectivity index (χ0) is 16.0.